The van der Waals surface area contributed by atoms with Crippen molar-refractivity contribution in [2.24, 2.45) is 0 Å². The number of hydrogen-bond donors (Lipinski definition) is 2. The molecule has 0 aromatic heterocycles. The fourth-order valence-electron chi connectivity index (χ4n) is 1.94. The van der Waals surface area contributed by atoms with Crippen LogP contribution in [0.15, 0.2) is 71.8 Å². The zero-order valence-electron chi connectivity index (χ0n) is 11.6. The third kappa shape index (κ3) is 3.93. The monoisotopic (exact) mass is 294 g/mol. The predicted octanol–water partition coefficient (Wildman–Crippen LogP) is 3.32. The van der Waals surface area contributed by atoms with Crippen LogP contribution < -0.4 is 0 Å². The number of carbonyl (C=O) groups is 2. The Morgan fingerprint density at radius 2 is 0.955 bits per heavy atom. The number of carboxylic acid groups (broad SMARTS) is 2. The zero-order chi connectivity index (χ0) is 15.9. The highest BCUT2D eigenvalue weighted by molar-refractivity contribution is 6.11. The summed E-state index contributed by atoms with van der Waals surface area (Å²) in [6.45, 7) is 0. The maximum absolute atomic E-state index is 11.5. The minimum Gasteiger partial charge on any atom is -0.478 e. The molecule has 0 aliphatic rings. The summed E-state index contributed by atoms with van der Waals surface area (Å²) in [4.78, 5) is 22.9. The van der Waals surface area contributed by atoms with Crippen LogP contribution in [-0.4, -0.2) is 22.2 Å². The van der Waals surface area contributed by atoms with Crippen molar-refractivity contribution in [3.05, 3.63) is 82.9 Å². The fourth-order valence-corrected chi connectivity index (χ4v) is 1.94. The van der Waals surface area contributed by atoms with Crippen molar-refractivity contribution < 1.29 is 19.8 Å². The third-order valence-corrected chi connectivity index (χ3v) is 2.97. The van der Waals surface area contributed by atoms with Gasteiger partial charge in [0.25, 0.3) is 0 Å². The lowest BCUT2D eigenvalue weighted by Gasteiger charge is -2.05. The van der Waals surface area contributed by atoms with E-state index >= 15 is 0 Å². The molecule has 0 spiro atoms. The Hall–Kier alpha value is -3.14. The molecule has 2 aromatic rings. The van der Waals surface area contributed by atoms with Gasteiger partial charge >= 0.3 is 11.9 Å². The first-order valence-corrected chi connectivity index (χ1v) is 6.58. The van der Waals surface area contributed by atoms with Crippen LogP contribution in [0.1, 0.15) is 11.1 Å². The highest BCUT2D eigenvalue weighted by atomic mass is 16.4. The van der Waals surface area contributed by atoms with Gasteiger partial charge in [0.2, 0.25) is 0 Å². The highest BCUT2D eigenvalue weighted by Crippen LogP contribution is 2.19. The minimum absolute atomic E-state index is 0.262. The molecule has 110 valence electrons. The topological polar surface area (TPSA) is 74.6 Å². The Kier molecular flexibility index (Phi) is 4.88. The molecule has 0 radical (unpaired) electrons. The van der Waals surface area contributed by atoms with Crippen molar-refractivity contribution in [1.29, 1.82) is 0 Å². The van der Waals surface area contributed by atoms with Gasteiger partial charge in [0.15, 0.2) is 0 Å². The van der Waals surface area contributed by atoms with Gasteiger partial charge in [0, 0.05) is 0 Å². The molecule has 22 heavy (non-hydrogen) atoms. The number of hydrogen-bond acceptors (Lipinski definition) is 2. The van der Waals surface area contributed by atoms with Gasteiger partial charge in [-0.15, -0.1) is 0 Å². The van der Waals surface area contributed by atoms with Gasteiger partial charge < -0.3 is 10.2 Å². The first-order chi connectivity index (χ1) is 10.6. The Balaban J connectivity index is 2.52. The lowest BCUT2D eigenvalue weighted by molar-refractivity contribution is -0.136. The molecule has 0 saturated carbocycles. The maximum Gasteiger partial charge on any atom is 0.336 e. The summed E-state index contributed by atoms with van der Waals surface area (Å²) in [7, 11) is 0. The normalized spacial score (nSPS) is 12.0. The molecule has 2 aromatic carbocycles. The van der Waals surface area contributed by atoms with Gasteiger partial charge in [-0.25, -0.2) is 9.59 Å². The van der Waals surface area contributed by atoms with Crippen LogP contribution in [0.25, 0.3) is 12.2 Å². The van der Waals surface area contributed by atoms with Crippen LogP contribution in [0, 0.1) is 0 Å². The van der Waals surface area contributed by atoms with E-state index in [0.717, 1.165) is 0 Å². The summed E-state index contributed by atoms with van der Waals surface area (Å²) in [5.41, 5.74) is 0.727. The van der Waals surface area contributed by atoms with E-state index in [2.05, 4.69) is 0 Å². The van der Waals surface area contributed by atoms with Crippen molar-refractivity contribution in [2.75, 3.05) is 0 Å². The summed E-state index contributed by atoms with van der Waals surface area (Å²) in [5, 5.41) is 18.7. The molecular formula is C18H14O4. The molecule has 2 rings (SSSR count). The van der Waals surface area contributed by atoms with Gasteiger partial charge in [-0.2, -0.15) is 0 Å². The van der Waals surface area contributed by atoms with Crippen LogP contribution in [0.4, 0.5) is 0 Å². The summed E-state index contributed by atoms with van der Waals surface area (Å²) in [6, 6.07) is 17.5. The molecular weight excluding hydrogens is 280 g/mol. The average molecular weight is 294 g/mol. The van der Waals surface area contributed by atoms with Crippen LogP contribution in [0.3, 0.4) is 0 Å². The molecule has 0 unspecified atom stereocenters. The van der Waals surface area contributed by atoms with E-state index in [0.29, 0.717) is 11.1 Å². The van der Waals surface area contributed by atoms with Gasteiger partial charge in [0.05, 0.1) is 11.1 Å². The van der Waals surface area contributed by atoms with E-state index in [9.17, 15) is 19.8 Å². The molecule has 0 amide bonds. The maximum atomic E-state index is 11.5. The number of carboxylic acids is 2. The molecule has 0 saturated heterocycles. The van der Waals surface area contributed by atoms with Crippen molar-refractivity contribution in [1.82, 2.24) is 0 Å². The average Bonchev–Trinajstić information content (AvgIpc) is 2.52. The summed E-state index contributed by atoms with van der Waals surface area (Å²) >= 11 is 0. The van der Waals surface area contributed by atoms with Gasteiger partial charge in [-0.05, 0) is 23.3 Å². The molecule has 0 heterocycles. The SMILES string of the molecule is O=C(O)C(=Cc1ccccc1)C(=Cc1ccccc1)C(=O)O. The van der Waals surface area contributed by atoms with Crippen molar-refractivity contribution in [3.8, 4) is 0 Å². The standard InChI is InChI=1S/C18H14O4/c19-17(20)15(11-13-7-3-1-4-8-13)16(18(21)22)12-14-9-5-2-6-10-14/h1-12H,(H,19,20)(H,21,22). The van der Waals surface area contributed by atoms with Gasteiger partial charge in [0.1, 0.15) is 0 Å². The first-order valence-electron chi connectivity index (χ1n) is 6.58. The van der Waals surface area contributed by atoms with Crippen molar-refractivity contribution in [3.63, 3.8) is 0 Å². The summed E-state index contributed by atoms with van der Waals surface area (Å²) in [5.74, 6) is -2.57. The second-order valence-corrected chi connectivity index (χ2v) is 4.55. The minimum atomic E-state index is -1.28. The van der Waals surface area contributed by atoms with E-state index in [1.165, 1.54) is 12.2 Å². The molecule has 0 aliphatic heterocycles. The van der Waals surface area contributed by atoms with Crippen LogP contribution >= 0.6 is 0 Å². The number of rotatable bonds is 5. The fraction of sp³-hybridized carbons (Fsp3) is 0. The van der Waals surface area contributed by atoms with Gasteiger partial charge in [-0.1, -0.05) is 60.7 Å². The largest absolute Gasteiger partial charge is 0.478 e. The Morgan fingerprint density at radius 1 is 0.636 bits per heavy atom. The van der Waals surface area contributed by atoms with Crippen LogP contribution in [-0.2, 0) is 9.59 Å². The smallest absolute Gasteiger partial charge is 0.336 e. The van der Waals surface area contributed by atoms with E-state index in [1.54, 1.807) is 60.7 Å². The Bertz CT molecular complexity index is 663. The lowest BCUT2D eigenvalue weighted by atomic mass is 10.0. The molecule has 0 bridgehead atoms. The lowest BCUT2D eigenvalue weighted by Crippen LogP contribution is -2.11. The Morgan fingerprint density at radius 3 is 1.23 bits per heavy atom. The first kappa shape index (κ1) is 15.3. The zero-order valence-corrected chi connectivity index (χ0v) is 11.6. The Labute approximate surface area is 127 Å². The second kappa shape index (κ2) is 7.04. The number of benzene rings is 2. The molecule has 0 aliphatic carbocycles. The van der Waals surface area contributed by atoms with Crippen molar-refractivity contribution >= 4 is 24.1 Å². The van der Waals surface area contributed by atoms with E-state index in [4.69, 9.17) is 0 Å². The number of aliphatic carboxylic acids is 2. The second-order valence-electron chi connectivity index (χ2n) is 4.55. The van der Waals surface area contributed by atoms with Crippen LogP contribution in [0.5, 0.6) is 0 Å². The molecule has 4 heteroatoms. The molecule has 2 N–H and O–H groups in total. The molecule has 0 fully saturated rings. The van der Waals surface area contributed by atoms with E-state index < -0.39 is 11.9 Å². The summed E-state index contributed by atoms with van der Waals surface area (Å²) < 4.78 is 0. The van der Waals surface area contributed by atoms with Gasteiger partial charge in [-0.3, -0.25) is 0 Å². The highest BCUT2D eigenvalue weighted by Gasteiger charge is 2.19. The van der Waals surface area contributed by atoms with E-state index in [-0.39, 0.29) is 11.1 Å². The summed E-state index contributed by atoms with van der Waals surface area (Å²) in [6.07, 6.45) is 2.70. The predicted molar refractivity (Wildman–Crippen MR) is 84.1 cm³/mol. The third-order valence-electron chi connectivity index (χ3n) is 2.97. The van der Waals surface area contributed by atoms with Crippen LogP contribution in [0.2, 0.25) is 0 Å². The molecule has 0 atom stereocenters. The quantitative estimate of drug-likeness (QED) is 0.655. The van der Waals surface area contributed by atoms with Crippen molar-refractivity contribution in [2.45, 2.75) is 0 Å². The van der Waals surface area contributed by atoms with E-state index in [1.807, 2.05) is 0 Å². The molecule has 4 nitrogen and oxygen atoms in total.